The summed E-state index contributed by atoms with van der Waals surface area (Å²) in [6.45, 7) is 0. The average molecular weight is 271 g/mol. The highest BCUT2D eigenvalue weighted by molar-refractivity contribution is 7.80. The molecule has 0 saturated heterocycles. The molecule has 1 heterocycles. The summed E-state index contributed by atoms with van der Waals surface area (Å²) in [5.41, 5.74) is 0.874. The number of rotatable bonds is 2. The van der Waals surface area contributed by atoms with E-state index in [0.717, 1.165) is 10.7 Å². The van der Waals surface area contributed by atoms with Crippen LogP contribution in [0.4, 0.5) is 10.7 Å². The number of benzene rings is 1. The van der Waals surface area contributed by atoms with Gasteiger partial charge in [0.25, 0.3) is 0 Å². The molecule has 0 aliphatic carbocycles. The van der Waals surface area contributed by atoms with E-state index in [-0.39, 0.29) is 0 Å². The van der Waals surface area contributed by atoms with Crippen molar-refractivity contribution in [1.82, 2.24) is 9.59 Å². The Morgan fingerprint density at radius 3 is 2.62 bits per heavy atom. The van der Waals surface area contributed by atoms with Gasteiger partial charge in [0.05, 0.1) is 6.20 Å². The van der Waals surface area contributed by atoms with Crippen LogP contribution >= 0.6 is 35.4 Å². The Labute approximate surface area is 107 Å². The first-order valence-electron chi connectivity index (χ1n) is 4.35. The summed E-state index contributed by atoms with van der Waals surface area (Å²) in [5.74, 6) is 0. The molecule has 0 atom stereocenters. The number of halogens is 1. The van der Waals surface area contributed by atoms with Gasteiger partial charge in [0.2, 0.25) is 0 Å². The van der Waals surface area contributed by atoms with E-state index in [4.69, 9.17) is 23.8 Å². The molecule has 2 rings (SSSR count). The third-order valence-electron chi connectivity index (χ3n) is 1.70. The van der Waals surface area contributed by atoms with Gasteiger partial charge in [-0.25, -0.2) is 0 Å². The van der Waals surface area contributed by atoms with Crippen molar-refractivity contribution in [1.29, 1.82) is 0 Å². The Morgan fingerprint density at radius 1 is 1.25 bits per heavy atom. The van der Waals surface area contributed by atoms with Crippen LogP contribution in [0, 0.1) is 0 Å². The second kappa shape index (κ2) is 5.20. The van der Waals surface area contributed by atoms with Crippen molar-refractivity contribution in [2.45, 2.75) is 0 Å². The zero-order valence-corrected chi connectivity index (χ0v) is 10.4. The molecule has 0 aliphatic rings. The number of hydrogen-bond acceptors (Lipinski definition) is 4. The van der Waals surface area contributed by atoms with Crippen molar-refractivity contribution in [3.63, 3.8) is 0 Å². The number of nitrogens with one attached hydrogen (secondary N) is 2. The molecule has 0 amide bonds. The Morgan fingerprint density at radius 2 is 2.00 bits per heavy atom. The highest BCUT2D eigenvalue weighted by Gasteiger charge is 2.00. The van der Waals surface area contributed by atoms with Crippen LogP contribution in [0.25, 0.3) is 0 Å². The molecule has 7 heteroatoms. The fraction of sp³-hybridized carbons (Fsp3) is 0. The van der Waals surface area contributed by atoms with E-state index in [1.54, 1.807) is 18.3 Å². The second-order valence-corrected chi connectivity index (χ2v) is 4.50. The van der Waals surface area contributed by atoms with E-state index in [1.807, 2.05) is 12.1 Å². The van der Waals surface area contributed by atoms with Crippen LogP contribution in [0.3, 0.4) is 0 Å². The van der Waals surface area contributed by atoms with Crippen molar-refractivity contribution in [2.75, 3.05) is 10.6 Å². The fourth-order valence-electron chi connectivity index (χ4n) is 1.03. The minimum absolute atomic E-state index is 0.494. The van der Waals surface area contributed by atoms with Crippen LogP contribution in [0.2, 0.25) is 5.02 Å². The van der Waals surface area contributed by atoms with Crippen molar-refractivity contribution in [3.05, 3.63) is 35.5 Å². The van der Waals surface area contributed by atoms with Gasteiger partial charge in [-0.2, -0.15) is 0 Å². The first kappa shape index (κ1) is 11.3. The molecule has 0 radical (unpaired) electrons. The largest absolute Gasteiger partial charge is 0.332 e. The highest BCUT2D eigenvalue weighted by atomic mass is 35.5. The maximum atomic E-state index is 5.77. The van der Waals surface area contributed by atoms with Gasteiger partial charge in [0.15, 0.2) is 5.11 Å². The molecule has 16 heavy (non-hydrogen) atoms. The Bertz CT molecular complexity index is 469. The number of aromatic nitrogens is 2. The zero-order valence-electron chi connectivity index (χ0n) is 7.98. The summed E-state index contributed by atoms with van der Waals surface area (Å²) >= 11 is 12.1. The SMILES string of the molecule is S=C(Nc1ccc(Cl)cc1)Nc1cnns1. The van der Waals surface area contributed by atoms with Crippen LogP contribution in [0.15, 0.2) is 30.5 Å². The highest BCUT2D eigenvalue weighted by Crippen LogP contribution is 2.14. The topological polar surface area (TPSA) is 49.8 Å². The van der Waals surface area contributed by atoms with Crippen molar-refractivity contribution in [3.8, 4) is 0 Å². The van der Waals surface area contributed by atoms with E-state index in [1.165, 1.54) is 11.5 Å². The van der Waals surface area contributed by atoms with Gasteiger partial charge in [0, 0.05) is 22.2 Å². The van der Waals surface area contributed by atoms with Crippen molar-refractivity contribution >= 4 is 51.2 Å². The van der Waals surface area contributed by atoms with E-state index in [0.29, 0.717) is 10.1 Å². The van der Waals surface area contributed by atoms with Gasteiger partial charge in [-0.15, -0.1) is 5.10 Å². The number of hydrogen-bond donors (Lipinski definition) is 2. The lowest BCUT2D eigenvalue weighted by Gasteiger charge is -2.07. The number of anilines is 2. The molecule has 0 unspecified atom stereocenters. The molecule has 1 aromatic carbocycles. The third-order valence-corrected chi connectivity index (χ3v) is 2.74. The second-order valence-electron chi connectivity index (χ2n) is 2.87. The molecule has 4 nitrogen and oxygen atoms in total. The van der Waals surface area contributed by atoms with Crippen LogP contribution in [-0.4, -0.2) is 14.7 Å². The van der Waals surface area contributed by atoms with Gasteiger partial charge in [-0.05, 0) is 36.5 Å². The van der Waals surface area contributed by atoms with Gasteiger partial charge < -0.3 is 10.6 Å². The van der Waals surface area contributed by atoms with E-state index >= 15 is 0 Å². The molecule has 2 aromatic rings. The van der Waals surface area contributed by atoms with Crippen molar-refractivity contribution < 1.29 is 0 Å². The summed E-state index contributed by atoms with van der Waals surface area (Å²) in [6, 6.07) is 7.28. The molecule has 0 bridgehead atoms. The van der Waals surface area contributed by atoms with Gasteiger partial charge in [-0.1, -0.05) is 16.1 Å². The molecule has 2 N–H and O–H groups in total. The smallest absolute Gasteiger partial charge is 0.175 e. The first-order valence-corrected chi connectivity index (χ1v) is 5.91. The molecule has 0 saturated carbocycles. The maximum Gasteiger partial charge on any atom is 0.175 e. The predicted octanol–water partition coefficient (Wildman–Crippen LogP) is 3.00. The van der Waals surface area contributed by atoms with Crippen molar-refractivity contribution in [2.24, 2.45) is 0 Å². The molecule has 1 aromatic heterocycles. The Balaban J connectivity index is 1.95. The Hall–Kier alpha value is -1.24. The van der Waals surface area contributed by atoms with Gasteiger partial charge in [-0.3, -0.25) is 0 Å². The Kier molecular flexibility index (Phi) is 3.66. The molecule has 0 fully saturated rings. The van der Waals surface area contributed by atoms with E-state index < -0.39 is 0 Å². The lowest BCUT2D eigenvalue weighted by atomic mass is 10.3. The van der Waals surface area contributed by atoms with Gasteiger partial charge in [0.1, 0.15) is 5.00 Å². The zero-order chi connectivity index (χ0) is 11.4. The third kappa shape index (κ3) is 3.13. The van der Waals surface area contributed by atoms with E-state index in [9.17, 15) is 0 Å². The summed E-state index contributed by atoms with van der Waals surface area (Å²) in [5, 5.41) is 11.7. The summed E-state index contributed by atoms with van der Waals surface area (Å²) in [7, 11) is 0. The van der Waals surface area contributed by atoms with Crippen LogP contribution in [0.5, 0.6) is 0 Å². The van der Waals surface area contributed by atoms with Crippen LogP contribution < -0.4 is 10.6 Å². The summed E-state index contributed by atoms with van der Waals surface area (Å²) < 4.78 is 3.72. The molecular weight excluding hydrogens is 264 g/mol. The molecular formula is C9H7ClN4S2. The van der Waals surface area contributed by atoms with E-state index in [2.05, 4.69) is 20.2 Å². The lowest BCUT2D eigenvalue weighted by Crippen LogP contribution is -2.18. The molecule has 0 aliphatic heterocycles. The monoisotopic (exact) mass is 270 g/mol. The maximum absolute atomic E-state index is 5.77. The summed E-state index contributed by atoms with van der Waals surface area (Å²) in [6.07, 6.45) is 1.61. The summed E-state index contributed by atoms with van der Waals surface area (Å²) in [4.78, 5) is 0. The fourth-order valence-corrected chi connectivity index (χ4v) is 1.87. The predicted molar refractivity (Wildman–Crippen MR) is 71.2 cm³/mol. The first-order chi connectivity index (χ1) is 7.74. The lowest BCUT2D eigenvalue weighted by molar-refractivity contribution is 1.16. The minimum Gasteiger partial charge on any atom is -0.332 e. The minimum atomic E-state index is 0.494. The normalized spacial score (nSPS) is 9.81. The molecule has 0 spiro atoms. The number of nitrogens with zero attached hydrogens (tertiary/aromatic N) is 2. The van der Waals surface area contributed by atoms with Crippen LogP contribution in [-0.2, 0) is 0 Å². The van der Waals surface area contributed by atoms with Gasteiger partial charge >= 0.3 is 0 Å². The van der Waals surface area contributed by atoms with Crippen LogP contribution in [0.1, 0.15) is 0 Å². The average Bonchev–Trinajstić information content (AvgIpc) is 2.74. The number of thiocarbonyl (C=S) groups is 1. The standard InChI is InChI=1S/C9H7ClN4S2/c10-6-1-3-7(4-2-6)12-9(15)13-8-5-11-14-16-8/h1-5H,(H2,12,13,15). The quantitative estimate of drug-likeness (QED) is 0.822. The molecule has 82 valence electrons.